The van der Waals surface area contributed by atoms with Crippen LogP contribution in [-0.4, -0.2) is 74.4 Å². The molecule has 2 aromatic heterocycles. The number of fused-ring (bicyclic) bond motifs is 1. The van der Waals surface area contributed by atoms with E-state index in [9.17, 15) is 18.6 Å². The molecule has 0 radical (unpaired) electrons. The quantitative estimate of drug-likeness (QED) is 0.433. The summed E-state index contributed by atoms with van der Waals surface area (Å²) >= 11 is 0. The third-order valence-electron chi connectivity index (χ3n) is 3.55. The molecule has 3 heterocycles. The Bertz CT molecular complexity index is 852. The number of ether oxygens (including phenoxy) is 1. The van der Waals surface area contributed by atoms with Gasteiger partial charge in [-0.3, -0.25) is 4.57 Å². The second-order valence-electron chi connectivity index (χ2n) is 5.21. The maximum Gasteiger partial charge on any atom is 0.223 e. The molecule has 1 unspecified atom stereocenters. The molecule has 1 fully saturated rings. The second kappa shape index (κ2) is 5.35. The smallest absolute Gasteiger partial charge is 0.223 e. The van der Waals surface area contributed by atoms with Gasteiger partial charge in [0.2, 0.25) is 5.95 Å². The van der Waals surface area contributed by atoms with Gasteiger partial charge in [0.25, 0.3) is 0 Å². The van der Waals surface area contributed by atoms with Crippen LogP contribution in [0, 0.1) is 0 Å². The normalized spacial score (nSPS) is 28.5. The third kappa shape index (κ3) is 2.53. The number of aliphatic hydroxyl groups is 3. The van der Waals surface area contributed by atoms with Crippen LogP contribution in [-0.2, 0) is 14.6 Å². The lowest BCUT2D eigenvalue weighted by Crippen LogP contribution is -2.33. The van der Waals surface area contributed by atoms with Crippen LogP contribution in [0.5, 0.6) is 0 Å². The Labute approximate surface area is 130 Å². The lowest BCUT2D eigenvalue weighted by atomic mass is 10.1. The van der Waals surface area contributed by atoms with Gasteiger partial charge in [-0.05, 0) is 0 Å². The first-order chi connectivity index (χ1) is 10.7. The number of rotatable bonds is 3. The van der Waals surface area contributed by atoms with E-state index in [2.05, 4.69) is 15.0 Å². The number of aromatic nitrogens is 4. The molecule has 1 aliphatic rings. The molecule has 0 aliphatic carbocycles. The zero-order chi connectivity index (χ0) is 16.9. The fourth-order valence-corrected chi connectivity index (χ4v) is 3.22. The Morgan fingerprint density at radius 1 is 1.35 bits per heavy atom. The summed E-state index contributed by atoms with van der Waals surface area (Å²) in [6, 6.07) is 0. The first-order valence-corrected chi connectivity index (χ1v) is 8.45. The maximum absolute atomic E-state index is 11.8. The summed E-state index contributed by atoms with van der Waals surface area (Å²) in [5, 5.41) is 28.7. The molecule has 4 atom stereocenters. The van der Waals surface area contributed by atoms with Crippen LogP contribution >= 0.6 is 0 Å². The van der Waals surface area contributed by atoms with Crippen molar-refractivity contribution in [3.05, 3.63) is 6.33 Å². The van der Waals surface area contributed by atoms with Crippen molar-refractivity contribution < 1.29 is 28.5 Å². The molecule has 0 spiro atoms. The SMILES string of the molecule is CS(=O)(=O)c1nc(N)nc2c1ncn2C1O[C@H](CO)[C@@H](O)[C@H]1O. The molecule has 5 N–H and O–H groups in total. The van der Waals surface area contributed by atoms with Gasteiger partial charge in [0.05, 0.1) is 12.9 Å². The van der Waals surface area contributed by atoms with Crippen molar-refractivity contribution in [3.8, 4) is 0 Å². The minimum atomic E-state index is -3.70. The zero-order valence-corrected chi connectivity index (χ0v) is 12.8. The van der Waals surface area contributed by atoms with Crippen LogP contribution in [0.1, 0.15) is 6.23 Å². The number of hydrogen-bond acceptors (Lipinski definition) is 10. The fourth-order valence-electron chi connectivity index (χ4n) is 2.46. The van der Waals surface area contributed by atoms with Crippen LogP contribution in [0.3, 0.4) is 0 Å². The van der Waals surface area contributed by atoms with Gasteiger partial charge < -0.3 is 25.8 Å². The van der Waals surface area contributed by atoms with Crippen molar-refractivity contribution in [3.63, 3.8) is 0 Å². The Morgan fingerprint density at radius 3 is 2.61 bits per heavy atom. The highest BCUT2D eigenvalue weighted by Gasteiger charge is 2.44. The average Bonchev–Trinajstić information content (AvgIpc) is 3.00. The molecular weight excluding hydrogens is 330 g/mol. The van der Waals surface area contributed by atoms with Gasteiger partial charge in [-0.25, -0.2) is 13.4 Å². The highest BCUT2D eigenvalue weighted by Crippen LogP contribution is 2.32. The molecule has 1 aliphatic heterocycles. The Hall–Kier alpha value is -1.86. The summed E-state index contributed by atoms with van der Waals surface area (Å²) in [6.45, 7) is -0.493. The number of nitrogens with zero attached hydrogens (tertiary/aromatic N) is 4. The van der Waals surface area contributed by atoms with Crippen molar-refractivity contribution in [1.29, 1.82) is 0 Å². The highest BCUT2D eigenvalue weighted by molar-refractivity contribution is 7.90. The van der Waals surface area contributed by atoms with Crippen molar-refractivity contribution in [2.75, 3.05) is 18.6 Å². The van der Waals surface area contributed by atoms with Gasteiger partial charge in [0.1, 0.15) is 23.8 Å². The molecule has 0 amide bonds. The molecule has 12 heteroatoms. The van der Waals surface area contributed by atoms with Crippen LogP contribution in [0.25, 0.3) is 11.2 Å². The van der Waals surface area contributed by atoms with Crippen molar-refractivity contribution in [1.82, 2.24) is 19.5 Å². The second-order valence-corrected chi connectivity index (χ2v) is 7.14. The molecule has 126 valence electrons. The van der Waals surface area contributed by atoms with Crippen molar-refractivity contribution >= 4 is 26.9 Å². The van der Waals surface area contributed by atoms with E-state index < -0.39 is 41.0 Å². The molecule has 0 bridgehead atoms. The van der Waals surface area contributed by atoms with E-state index in [-0.39, 0.29) is 22.1 Å². The first kappa shape index (κ1) is 16.0. The summed E-state index contributed by atoms with van der Waals surface area (Å²) in [5.41, 5.74) is 5.55. The van der Waals surface area contributed by atoms with Crippen LogP contribution in [0.2, 0.25) is 0 Å². The molecule has 2 aromatic rings. The van der Waals surface area contributed by atoms with Crippen LogP contribution < -0.4 is 5.73 Å². The monoisotopic (exact) mass is 345 g/mol. The lowest BCUT2D eigenvalue weighted by molar-refractivity contribution is -0.0511. The van der Waals surface area contributed by atoms with Gasteiger partial charge in [-0.2, -0.15) is 9.97 Å². The first-order valence-electron chi connectivity index (χ1n) is 6.56. The Kier molecular flexibility index (Phi) is 3.72. The van der Waals surface area contributed by atoms with Crippen molar-refractivity contribution in [2.45, 2.75) is 29.6 Å². The van der Waals surface area contributed by atoms with Gasteiger partial charge >= 0.3 is 0 Å². The molecule has 0 aromatic carbocycles. The summed E-state index contributed by atoms with van der Waals surface area (Å²) < 4.78 is 30.2. The van der Waals surface area contributed by atoms with Crippen molar-refractivity contribution in [2.24, 2.45) is 0 Å². The number of imidazole rings is 1. The molecule has 11 nitrogen and oxygen atoms in total. The number of hydrogen-bond donors (Lipinski definition) is 4. The van der Waals surface area contributed by atoms with E-state index in [4.69, 9.17) is 15.6 Å². The lowest BCUT2D eigenvalue weighted by Gasteiger charge is -2.16. The standard InChI is InChI=1S/C11H15N5O6S/c1-23(20,21)9-5-8(14-11(12)15-9)16(3-13-5)10-7(19)6(18)4(2-17)22-10/h3-4,6-7,10,17-19H,2H2,1H3,(H2,12,14,15)/t4-,6-,7-,10?/m1/s1. The predicted molar refractivity (Wildman–Crippen MR) is 75.9 cm³/mol. The molecule has 23 heavy (non-hydrogen) atoms. The van der Waals surface area contributed by atoms with Gasteiger partial charge in [-0.15, -0.1) is 0 Å². The average molecular weight is 345 g/mol. The third-order valence-corrected chi connectivity index (χ3v) is 4.54. The van der Waals surface area contributed by atoms with E-state index >= 15 is 0 Å². The number of anilines is 1. The minimum Gasteiger partial charge on any atom is -0.394 e. The highest BCUT2D eigenvalue weighted by atomic mass is 32.2. The van der Waals surface area contributed by atoms with Gasteiger partial charge in [-0.1, -0.05) is 0 Å². The number of nitrogen functional groups attached to an aromatic ring is 1. The fraction of sp³-hybridized carbons (Fsp3) is 0.545. The van der Waals surface area contributed by atoms with E-state index in [1.54, 1.807) is 0 Å². The topological polar surface area (TPSA) is 174 Å². The predicted octanol–water partition coefficient (Wildman–Crippen LogP) is -2.58. The largest absolute Gasteiger partial charge is 0.394 e. The van der Waals surface area contributed by atoms with Crippen LogP contribution in [0.4, 0.5) is 5.95 Å². The maximum atomic E-state index is 11.8. The number of sulfone groups is 1. The Morgan fingerprint density at radius 2 is 2.04 bits per heavy atom. The molecule has 3 rings (SSSR count). The van der Waals surface area contributed by atoms with E-state index in [0.717, 1.165) is 6.26 Å². The summed E-state index contributed by atoms with van der Waals surface area (Å²) in [6.07, 6.45) is -2.60. The van der Waals surface area contributed by atoms with Gasteiger partial charge in [0.15, 0.2) is 26.7 Å². The van der Waals surface area contributed by atoms with Crippen LogP contribution in [0.15, 0.2) is 11.4 Å². The molecule has 1 saturated heterocycles. The minimum absolute atomic E-state index is 0.0283. The molecule has 0 saturated carbocycles. The Balaban J connectivity index is 2.16. The van der Waals surface area contributed by atoms with E-state index in [1.807, 2.05) is 0 Å². The summed E-state index contributed by atoms with van der Waals surface area (Å²) in [5.74, 6) is -0.286. The number of nitrogens with two attached hydrogens (primary N) is 1. The summed E-state index contributed by atoms with van der Waals surface area (Å²) in [7, 11) is -3.70. The summed E-state index contributed by atoms with van der Waals surface area (Å²) in [4.78, 5) is 11.6. The van der Waals surface area contributed by atoms with E-state index in [1.165, 1.54) is 10.9 Å². The van der Waals surface area contributed by atoms with Gasteiger partial charge in [0, 0.05) is 6.26 Å². The van der Waals surface area contributed by atoms with E-state index in [0.29, 0.717) is 0 Å². The molecular formula is C11H15N5O6S. The zero-order valence-electron chi connectivity index (χ0n) is 11.9. The number of aliphatic hydroxyl groups excluding tert-OH is 3.